The lowest BCUT2D eigenvalue weighted by molar-refractivity contribution is 0.164. The number of anilines is 1. The number of aliphatic hydroxyl groups is 1. The molecule has 1 rings (SSSR count). The Bertz CT molecular complexity index is 391. The summed E-state index contributed by atoms with van der Waals surface area (Å²) in [4.78, 5) is 2.29. The third-order valence-electron chi connectivity index (χ3n) is 4.16. The fourth-order valence-corrected chi connectivity index (χ4v) is 2.47. The van der Waals surface area contributed by atoms with Gasteiger partial charge in [-0.25, -0.2) is 0 Å². The number of nitrogens with one attached hydrogen (secondary N) is 1. The highest BCUT2D eigenvalue weighted by atomic mass is 16.3. The molecule has 0 bridgehead atoms. The van der Waals surface area contributed by atoms with Crippen molar-refractivity contribution in [2.24, 2.45) is 0 Å². The summed E-state index contributed by atoms with van der Waals surface area (Å²) in [5.41, 5.74) is 2.49. The molecule has 1 aromatic carbocycles. The number of nitrogens with zero attached hydrogens (tertiary/aromatic N) is 1. The molecule has 1 atom stereocenters. The van der Waals surface area contributed by atoms with Gasteiger partial charge in [-0.05, 0) is 56.8 Å². The Labute approximate surface area is 130 Å². The predicted molar refractivity (Wildman–Crippen MR) is 92.1 cm³/mol. The van der Waals surface area contributed by atoms with Crippen molar-refractivity contribution in [3.8, 4) is 0 Å². The van der Waals surface area contributed by atoms with Crippen LogP contribution in [0.15, 0.2) is 24.3 Å². The number of aryl methyl sites for hydroxylation is 1. The van der Waals surface area contributed by atoms with E-state index < -0.39 is 0 Å². The summed E-state index contributed by atoms with van der Waals surface area (Å²) in [6.45, 7) is 8.61. The lowest BCUT2D eigenvalue weighted by atomic mass is 9.96. The van der Waals surface area contributed by atoms with E-state index in [1.165, 1.54) is 11.3 Å². The maximum Gasteiger partial charge on any atom is 0.0610 e. The van der Waals surface area contributed by atoms with Gasteiger partial charge < -0.3 is 15.3 Å². The summed E-state index contributed by atoms with van der Waals surface area (Å²) in [6, 6.07) is 8.79. The SMILES string of the molecule is CCCNC(C)(CO)CCCN(C)c1ccc(CC)cc1. The number of hydrogen-bond donors (Lipinski definition) is 2. The Kier molecular flexibility index (Phi) is 7.76. The zero-order chi connectivity index (χ0) is 15.7. The molecule has 0 spiro atoms. The Morgan fingerprint density at radius 3 is 2.38 bits per heavy atom. The van der Waals surface area contributed by atoms with E-state index in [1.807, 2.05) is 0 Å². The molecule has 0 saturated heterocycles. The van der Waals surface area contributed by atoms with Crippen LogP contribution in [0.4, 0.5) is 5.69 Å². The van der Waals surface area contributed by atoms with E-state index in [9.17, 15) is 5.11 Å². The minimum Gasteiger partial charge on any atom is -0.394 e. The third-order valence-corrected chi connectivity index (χ3v) is 4.16. The van der Waals surface area contributed by atoms with E-state index in [4.69, 9.17) is 0 Å². The summed E-state index contributed by atoms with van der Waals surface area (Å²) < 4.78 is 0. The van der Waals surface area contributed by atoms with Crippen molar-refractivity contribution in [3.05, 3.63) is 29.8 Å². The number of benzene rings is 1. The lowest BCUT2D eigenvalue weighted by Gasteiger charge is -2.30. The topological polar surface area (TPSA) is 35.5 Å². The van der Waals surface area contributed by atoms with Gasteiger partial charge in [0, 0.05) is 24.8 Å². The van der Waals surface area contributed by atoms with Gasteiger partial charge in [0.2, 0.25) is 0 Å². The van der Waals surface area contributed by atoms with Crippen molar-refractivity contribution in [1.29, 1.82) is 0 Å². The summed E-state index contributed by atoms with van der Waals surface area (Å²) in [5, 5.41) is 13.0. The molecule has 2 N–H and O–H groups in total. The lowest BCUT2D eigenvalue weighted by Crippen LogP contribution is -2.46. The Hall–Kier alpha value is -1.06. The molecular formula is C18H32N2O. The zero-order valence-corrected chi connectivity index (χ0v) is 14.2. The molecule has 21 heavy (non-hydrogen) atoms. The van der Waals surface area contributed by atoms with Gasteiger partial charge in [-0.15, -0.1) is 0 Å². The molecule has 0 aromatic heterocycles. The molecule has 3 nitrogen and oxygen atoms in total. The van der Waals surface area contributed by atoms with Crippen molar-refractivity contribution < 1.29 is 5.11 Å². The van der Waals surface area contributed by atoms with E-state index in [1.54, 1.807) is 0 Å². The minimum atomic E-state index is -0.150. The summed E-state index contributed by atoms with van der Waals surface area (Å²) in [6.07, 6.45) is 4.24. The molecule has 1 aromatic rings. The molecule has 0 saturated carbocycles. The van der Waals surface area contributed by atoms with Gasteiger partial charge in [0.1, 0.15) is 0 Å². The molecule has 1 unspecified atom stereocenters. The maximum absolute atomic E-state index is 9.58. The molecule has 0 fully saturated rings. The van der Waals surface area contributed by atoms with Crippen molar-refractivity contribution in [3.63, 3.8) is 0 Å². The standard InChI is InChI=1S/C18H32N2O/c1-5-13-19-18(3,15-21)12-7-14-20(4)17-10-8-16(6-2)9-11-17/h8-11,19,21H,5-7,12-15H2,1-4H3. The Morgan fingerprint density at radius 2 is 1.86 bits per heavy atom. The molecule has 0 heterocycles. The second kappa shape index (κ2) is 9.06. The van der Waals surface area contributed by atoms with Gasteiger partial charge in [-0.2, -0.15) is 0 Å². The van der Waals surface area contributed by atoms with Gasteiger partial charge in [0.25, 0.3) is 0 Å². The normalized spacial score (nSPS) is 14.0. The fourth-order valence-electron chi connectivity index (χ4n) is 2.47. The second-order valence-electron chi connectivity index (χ2n) is 6.19. The number of rotatable bonds is 10. The predicted octanol–water partition coefficient (Wildman–Crippen LogP) is 3.22. The van der Waals surface area contributed by atoms with Crippen LogP contribution in [0.1, 0.15) is 45.6 Å². The highest BCUT2D eigenvalue weighted by Crippen LogP contribution is 2.17. The Morgan fingerprint density at radius 1 is 1.19 bits per heavy atom. The quantitative estimate of drug-likeness (QED) is 0.695. The van der Waals surface area contributed by atoms with E-state index in [2.05, 4.69) is 62.3 Å². The molecule has 0 aliphatic carbocycles. The first kappa shape index (κ1) is 18.0. The first-order chi connectivity index (χ1) is 10.0. The van der Waals surface area contributed by atoms with E-state index in [-0.39, 0.29) is 12.1 Å². The van der Waals surface area contributed by atoms with Crippen LogP contribution in [0.3, 0.4) is 0 Å². The first-order valence-electron chi connectivity index (χ1n) is 8.20. The monoisotopic (exact) mass is 292 g/mol. The van der Waals surface area contributed by atoms with Crippen LogP contribution in [0, 0.1) is 0 Å². The minimum absolute atomic E-state index is 0.150. The highest BCUT2D eigenvalue weighted by molar-refractivity contribution is 5.46. The Balaban J connectivity index is 2.42. The van der Waals surface area contributed by atoms with Crippen LogP contribution in [-0.2, 0) is 6.42 Å². The van der Waals surface area contributed by atoms with E-state index >= 15 is 0 Å². The van der Waals surface area contributed by atoms with Crippen LogP contribution in [0.5, 0.6) is 0 Å². The van der Waals surface area contributed by atoms with Crippen molar-refractivity contribution in [2.45, 2.75) is 52.0 Å². The van der Waals surface area contributed by atoms with Gasteiger partial charge >= 0.3 is 0 Å². The van der Waals surface area contributed by atoms with Crippen LogP contribution in [0.2, 0.25) is 0 Å². The number of aliphatic hydroxyl groups excluding tert-OH is 1. The average molecular weight is 292 g/mol. The summed E-state index contributed by atoms with van der Waals surface area (Å²) in [5.74, 6) is 0. The third kappa shape index (κ3) is 6.06. The zero-order valence-electron chi connectivity index (χ0n) is 14.2. The number of hydrogen-bond acceptors (Lipinski definition) is 3. The van der Waals surface area contributed by atoms with E-state index in [0.717, 1.165) is 38.8 Å². The van der Waals surface area contributed by atoms with Crippen molar-refractivity contribution >= 4 is 5.69 Å². The molecule has 0 amide bonds. The van der Waals surface area contributed by atoms with Gasteiger partial charge in [-0.1, -0.05) is 26.0 Å². The largest absolute Gasteiger partial charge is 0.394 e. The van der Waals surface area contributed by atoms with Gasteiger partial charge in [-0.3, -0.25) is 0 Å². The van der Waals surface area contributed by atoms with Gasteiger partial charge in [0.05, 0.1) is 6.61 Å². The second-order valence-corrected chi connectivity index (χ2v) is 6.19. The van der Waals surface area contributed by atoms with Gasteiger partial charge in [0.15, 0.2) is 0 Å². The highest BCUT2D eigenvalue weighted by Gasteiger charge is 2.21. The fraction of sp³-hybridized carbons (Fsp3) is 0.667. The molecule has 120 valence electrons. The van der Waals surface area contributed by atoms with Crippen molar-refractivity contribution in [1.82, 2.24) is 5.32 Å². The average Bonchev–Trinajstić information content (AvgIpc) is 2.53. The van der Waals surface area contributed by atoms with Crippen LogP contribution in [0.25, 0.3) is 0 Å². The molecule has 0 aliphatic rings. The molecule has 0 aliphatic heterocycles. The smallest absolute Gasteiger partial charge is 0.0610 e. The van der Waals surface area contributed by atoms with Crippen LogP contribution in [-0.4, -0.2) is 37.4 Å². The van der Waals surface area contributed by atoms with Crippen LogP contribution >= 0.6 is 0 Å². The van der Waals surface area contributed by atoms with Crippen molar-refractivity contribution in [2.75, 3.05) is 31.6 Å². The molecule has 0 radical (unpaired) electrons. The maximum atomic E-state index is 9.58. The van der Waals surface area contributed by atoms with E-state index in [0.29, 0.717) is 0 Å². The summed E-state index contributed by atoms with van der Waals surface area (Å²) in [7, 11) is 2.14. The van der Waals surface area contributed by atoms with Crippen LogP contribution < -0.4 is 10.2 Å². The molecular weight excluding hydrogens is 260 g/mol. The summed E-state index contributed by atoms with van der Waals surface area (Å²) >= 11 is 0. The molecule has 3 heteroatoms. The first-order valence-corrected chi connectivity index (χ1v) is 8.20.